The van der Waals surface area contributed by atoms with Crippen LogP contribution in [0.25, 0.3) is 0 Å². The summed E-state index contributed by atoms with van der Waals surface area (Å²) < 4.78 is 19.3. The fourth-order valence-electron chi connectivity index (χ4n) is 2.95. The van der Waals surface area contributed by atoms with Crippen LogP contribution in [0, 0.1) is 6.92 Å². The highest BCUT2D eigenvalue weighted by molar-refractivity contribution is 7.14. The van der Waals surface area contributed by atoms with Crippen molar-refractivity contribution in [3.8, 4) is 0 Å². The lowest BCUT2D eigenvalue weighted by atomic mass is 10.0. The number of hydrogen-bond donors (Lipinski definition) is 1. The Labute approximate surface area is 138 Å². The zero-order valence-electron chi connectivity index (χ0n) is 13.4. The van der Waals surface area contributed by atoms with E-state index in [4.69, 9.17) is 9.84 Å². The SMILES string of the molecule is CCN(c1scc(C(=O)OC)c1C)C1CCN(C(=O)O)CC1F. The number of hydrogen-bond acceptors (Lipinski definition) is 5. The number of alkyl halides is 1. The van der Waals surface area contributed by atoms with Gasteiger partial charge in [0.05, 0.1) is 30.3 Å². The normalized spacial score (nSPS) is 21.1. The number of likely N-dealkylation sites (tertiary alicyclic amines) is 1. The predicted octanol–water partition coefficient (Wildman–Crippen LogP) is 2.76. The summed E-state index contributed by atoms with van der Waals surface area (Å²) in [7, 11) is 1.33. The van der Waals surface area contributed by atoms with E-state index in [0.29, 0.717) is 25.1 Å². The molecule has 2 atom stereocenters. The molecule has 6 nitrogen and oxygen atoms in total. The van der Waals surface area contributed by atoms with Crippen molar-refractivity contribution in [1.82, 2.24) is 4.90 Å². The molecule has 0 aromatic carbocycles. The first-order chi connectivity index (χ1) is 10.9. The molecule has 1 aliphatic heterocycles. The van der Waals surface area contributed by atoms with E-state index in [1.54, 1.807) is 5.38 Å². The van der Waals surface area contributed by atoms with Gasteiger partial charge in [0, 0.05) is 18.5 Å². The van der Waals surface area contributed by atoms with Gasteiger partial charge in [0.15, 0.2) is 0 Å². The Kier molecular flexibility index (Phi) is 5.46. The summed E-state index contributed by atoms with van der Waals surface area (Å²) in [6.07, 6.45) is -1.93. The average molecular weight is 344 g/mol. The van der Waals surface area contributed by atoms with E-state index in [-0.39, 0.29) is 6.54 Å². The van der Waals surface area contributed by atoms with E-state index < -0.39 is 24.3 Å². The Bertz CT molecular complexity index is 592. The quantitative estimate of drug-likeness (QED) is 0.851. The lowest BCUT2D eigenvalue weighted by Gasteiger charge is -2.40. The molecule has 0 spiro atoms. The molecule has 1 aromatic rings. The van der Waals surface area contributed by atoms with Crippen LogP contribution in [0.2, 0.25) is 0 Å². The molecule has 2 unspecified atom stereocenters. The highest BCUT2D eigenvalue weighted by Crippen LogP contribution is 2.35. The minimum atomic E-state index is -1.26. The first-order valence-corrected chi connectivity index (χ1v) is 8.33. The number of piperidine rings is 1. The van der Waals surface area contributed by atoms with Crippen molar-refractivity contribution in [3.63, 3.8) is 0 Å². The fraction of sp³-hybridized carbons (Fsp3) is 0.600. The third-order valence-electron chi connectivity index (χ3n) is 4.20. The summed E-state index contributed by atoms with van der Waals surface area (Å²) in [6, 6.07) is -0.390. The second-order valence-corrected chi connectivity index (χ2v) is 6.32. The summed E-state index contributed by atoms with van der Waals surface area (Å²) in [5.74, 6) is -0.404. The number of ether oxygens (including phenoxy) is 1. The first-order valence-electron chi connectivity index (χ1n) is 7.45. The maximum Gasteiger partial charge on any atom is 0.407 e. The number of carbonyl (C=O) groups is 2. The minimum Gasteiger partial charge on any atom is -0.465 e. The number of amides is 1. The Morgan fingerprint density at radius 1 is 1.57 bits per heavy atom. The van der Waals surface area contributed by atoms with Gasteiger partial charge in [0.2, 0.25) is 0 Å². The minimum absolute atomic E-state index is 0.120. The number of halogens is 1. The van der Waals surface area contributed by atoms with Gasteiger partial charge in [-0.15, -0.1) is 11.3 Å². The zero-order valence-corrected chi connectivity index (χ0v) is 14.2. The number of carboxylic acid groups (broad SMARTS) is 1. The van der Waals surface area contributed by atoms with Crippen LogP contribution in [0.1, 0.15) is 29.3 Å². The standard InChI is InChI=1S/C15H21FN2O4S/c1-4-18(12-5-6-17(15(20)21)7-11(12)16)13-9(2)10(8-23-13)14(19)22-3/h8,11-12H,4-7H2,1-3H3,(H,20,21). The number of carbonyl (C=O) groups excluding carboxylic acids is 1. The topological polar surface area (TPSA) is 70.1 Å². The lowest BCUT2D eigenvalue weighted by Crippen LogP contribution is -2.53. The molecule has 8 heteroatoms. The third-order valence-corrected chi connectivity index (χ3v) is 5.32. The molecule has 1 fully saturated rings. The van der Waals surface area contributed by atoms with Crippen molar-refractivity contribution in [2.24, 2.45) is 0 Å². The van der Waals surface area contributed by atoms with E-state index in [1.807, 2.05) is 18.7 Å². The van der Waals surface area contributed by atoms with Gasteiger partial charge in [-0.1, -0.05) is 0 Å². The molecule has 0 aliphatic carbocycles. The second kappa shape index (κ2) is 7.16. The maximum atomic E-state index is 14.5. The van der Waals surface area contributed by atoms with Gasteiger partial charge >= 0.3 is 12.1 Å². The molecule has 1 amide bonds. The number of rotatable bonds is 4. The van der Waals surface area contributed by atoms with Gasteiger partial charge in [0.1, 0.15) is 6.17 Å². The number of methoxy groups -OCH3 is 1. The van der Waals surface area contributed by atoms with E-state index in [2.05, 4.69) is 0 Å². The van der Waals surface area contributed by atoms with Crippen molar-refractivity contribution in [2.45, 2.75) is 32.5 Å². The number of thiophene rings is 1. The molecule has 1 saturated heterocycles. The third kappa shape index (κ3) is 3.41. The molecular formula is C15H21FN2O4S. The molecule has 1 N–H and O–H groups in total. The summed E-state index contributed by atoms with van der Waals surface area (Å²) >= 11 is 1.38. The Balaban J connectivity index is 2.22. The van der Waals surface area contributed by atoms with Crippen molar-refractivity contribution < 1.29 is 23.8 Å². The molecule has 0 bridgehead atoms. The van der Waals surface area contributed by atoms with Crippen molar-refractivity contribution in [1.29, 1.82) is 0 Å². The van der Waals surface area contributed by atoms with Crippen LogP contribution in [0.15, 0.2) is 5.38 Å². The molecular weight excluding hydrogens is 323 g/mol. The molecule has 0 radical (unpaired) electrons. The number of esters is 1. The molecule has 1 aliphatic rings. The van der Waals surface area contributed by atoms with Crippen LogP contribution in [-0.4, -0.2) is 61.0 Å². The van der Waals surface area contributed by atoms with E-state index >= 15 is 0 Å². The van der Waals surface area contributed by atoms with Gasteiger partial charge in [-0.3, -0.25) is 0 Å². The summed E-state index contributed by atoms with van der Waals surface area (Å²) in [4.78, 5) is 25.7. The average Bonchev–Trinajstić information content (AvgIpc) is 2.90. The number of anilines is 1. The van der Waals surface area contributed by atoms with Crippen LogP contribution in [-0.2, 0) is 4.74 Å². The van der Waals surface area contributed by atoms with Gasteiger partial charge in [-0.2, -0.15) is 0 Å². The Morgan fingerprint density at radius 2 is 2.26 bits per heavy atom. The molecule has 128 valence electrons. The van der Waals surface area contributed by atoms with Gasteiger partial charge in [-0.25, -0.2) is 14.0 Å². The highest BCUT2D eigenvalue weighted by atomic mass is 32.1. The Hall–Kier alpha value is -1.83. The van der Waals surface area contributed by atoms with Gasteiger partial charge < -0.3 is 19.6 Å². The summed E-state index contributed by atoms with van der Waals surface area (Å²) in [6.45, 7) is 4.52. The molecule has 23 heavy (non-hydrogen) atoms. The van der Waals surface area contributed by atoms with Crippen LogP contribution in [0.5, 0.6) is 0 Å². The van der Waals surface area contributed by atoms with Gasteiger partial charge in [0.25, 0.3) is 0 Å². The van der Waals surface area contributed by atoms with Crippen LogP contribution < -0.4 is 4.90 Å². The monoisotopic (exact) mass is 344 g/mol. The zero-order chi connectivity index (χ0) is 17.1. The largest absolute Gasteiger partial charge is 0.465 e. The van der Waals surface area contributed by atoms with E-state index in [9.17, 15) is 14.0 Å². The van der Waals surface area contributed by atoms with E-state index in [1.165, 1.54) is 18.4 Å². The summed E-state index contributed by atoms with van der Waals surface area (Å²) in [5, 5.41) is 11.5. The molecule has 0 saturated carbocycles. The smallest absolute Gasteiger partial charge is 0.407 e. The predicted molar refractivity (Wildman–Crippen MR) is 86.3 cm³/mol. The molecule has 1 aromatic heterocycles. The van der Waals surface area contributed by atoms with E-state index in [0.717, 1.165) is 15.5 Å². The summed E-state index contributed by atoms with van der Waals surface area (Å²) in [5.41, 5.74) is 1.26. The lowest BCUT2D eigenvalue weighted by molar-refractivity contribution is 0.0600. The van der Waals surface area contributed by atoms with Crippen molar-refractivity contribution in [2.75, 3.05) is 31.6 Å². The van der Waals surface area contributed by atoms with Gasteiger partial charge in [-0.05, 0) is 25.8 Å². The molecule has 2 rings (SSSR count). The first kappa shape index (κ1) is 17.5. The van der Waals surface area contributed by atoms with Crippen molar-refractivity contribution >= 4 is 28.4 Å². The van der Waals surface area contributed by atoms with Crippen LogP contribution >= 0.6 is 11.3 Å². The van der Waals surface area contributed by atoms with Crippen LogP contribution in [0.4, 0.5) is 14.2 Å². The van der Waals surface area contributed by atoms with Crippen molar-refractivity contribution in [3.05, 3.63) is 16.5 Å². The highest BCUT2D eigenvalue weighted by Gasteiger charge is 2.36. The second-order valence-electron chi connectivity index (χ2n) is 5.46. The fourth-order valence-corrected chi connectivity index (χ4v) is 4.14. The van der Waals surface area contributed by atoms with Crippen LogP contribution in [0.3, 0.4) is 0 Å². The molecule has 2 heterocycles. The number of nitrogens with zero attached hydrogens (tertiary/aromatic N) is 2. The Morgan fingerprint density at radius 3 is 2.78 bits per heavy atom. The maximum absolute atomic E-state index is 14.5.